The van der Waals surface area contributed by atoms with Gasteiger partial charge in [0.15, 0.2) is 0 Å². The Labute approximate surface area is 104 Å². The topological polar surface area (TPSA) is 28.2 Å². The van der Waals surface area contributed by atoms with Crippen molar-refractivity contribution in [3.63, 3.8) is 0 Å². The molecule has 0 radical (unpaired) electrons. The van der Waals surface area contributed by atoms with Crippen LogP contribution in [-0.2, 0) is 6.42 Å². The van der Waals surface area contributed by atoms with Crippen molar-refractivity contribution in [2.75, 3.05) is 19.6 Å². The van der Waals surface area contributed by atoms with Gasteiger partial charge in [0, 0.05) is 44.1 Å². The Bertz CT molecular complexity index is 325. The standard InChI is InChI=1S/C14H23N3/c1-3-14-11-17(12(2)9-16-14)8-6-13-5-4-7-15-10-13/h4-5,7,10,12,14,16H,3,6,8-9,11H2,1-2H3. The van der Waals surface area contributed by atoms with Gasteiger partial charge in [-0.1, -0.05) is 13.0 Å². The molecule has 3 heteroatoms. The van der Waals surface area contributed by atoms with E-state index < -0.39 is 0 Å². The third-order valence-electron chi connectivity index (χ3n) is 3.68. The highest BCUT2D eigenvalue weighted by Crippen LogP contribution is 2.10. The average Bonchev–Trinajstić information content (AvgIpc) is 2.39. The fraction of sp³-hybridized carbons (Fsp3) is 0.643. The van der Waals surface area contributed by atoms with Crippen LogP contribution in [0.3, 0.4) is 0 Å². The van der Waals surface area contributed by atoms with Crippen LogP contribution in [0.5, 0.6) is 0 Å². The summed E-state index contributed by atoms with van der Waals surface area (Å²) in [5, 5.41) is 3.59. The van der Waals surface area contributed by atoms with Crippen molar-refractivity contribution < 1.29 is 0 Å². The Morgan fingerprint density at radius 1 is 1.53 bits per heavy atom. The number of hydrogen-bond donors (Lipinski definition) is 1. The molecule has 1 fully saturated rings. The zero-order valence-corrected chi connectivity index (χ0v) is 10.9. The molecule has 0 aromatic carbocycles. The molecule has 2 unspecified atom stereocenters. The van der Waals surface area contributed by atoms with E-state index in [-0.39, 0.29) is 0 Å². The summed E-state index contributed by atoms with van der Waals surface area (Å²) in [4.78, 5) is 6.76. The molecule has 2 heterocycles. The van der Waals surface area contributed by atoms with Crippen molar-refractivity contribution in [1.29, 1.82) is 0 Å². The fourth-order valence-corrected chi connectivity index (χ4v) is 2.40. The van der Waals surface area contributed by atoms with E-state index in [1.165, 1.54) is 18.5 Å². The largest absolute Gasteiger partial charge is 0.311 e. The molecule has 1 aliphatic rings. The minimum atomic E-state index is 0.648. The summed E-state index contributed by atoms with van der Waals surface area (Å²) in [5.74, 6) is 0. The molecule has 3 nitrogen and oxygen atoms in total. The molecule has 1 aromatic heterocycles. The molecule has 1 N–H and O–H groups in total. The van der Waals surface area contributed by atoms with Gasteiger partial charge in [-0.15, -0.1) is 0 Å². The molecule has 0 amide bonds. The molecular formula is C14H23N3. The molecule has 2 rings (SSSR count). The van der Waals surface area contributed by atoms with Crippen LogP contribution < -0.4 is 5.32 Å². The molecular weight excluding hydrogens is 210 g/mol. The Morgan fingerprint density at radius 2 is 2.41 bits per heavy atom. The van der Waals surface area contributed by atoms with Crippen LogP contribution in [-0.4, -0.2) is 41.6 Å². The van der Waals surface area contributed by atoms with E-state index in [1.54, 1.807) is 0 Å². The molecule has 0 spiro atoms. The Morgan fingerprint density at radius 3 is 3.12 bits per heavy atom. The highest BCUT2D eigenvalue weighted by molar-refractivity contribution is 5.08. The number of nitrogens with one attached hydrogen (secondary N) is 1. The Kier molecular flexibility index (Phi) is 4.51. The van der Waals surface area contributed by atoms with Crippen LogP contribution >= 0.6 is 0 Å². The highest BCUT2D eigenvalue weighted by atomic mass is 15.2. The van der Waals surface area contributed by atoms with Gasteiger partial charge in [0.2, 0.25) is 0 Å². The van der Waals surface area contributed by atoms with Gasteiger partial charge in [-0.25, -0.2) is 0 Å². The SMILES string of the molecule is CCC1CN(CCc2cccnc2)C(C)CN1. The van der Waals surface area contributed by atoms with Gasteiger partial charge in [0.1, 0.15) is 0 Å². The first-order valence-corrected chi connectivity index (χ1v) is 6.66. The summed E-state index contributed by atoms with van der Waals surface area (Å²) in [6.07, 6.45) is 6.14. The maximum Gasteiger partial charge on any atom is 0.0300 e. The van der Waals surface area contributed by atoms with Crippen molar-refractivity contribution in [2.45, 2.75) is 38.8 Å². The first-order chi connectivity index (χ1) is 8.29. The summed E-state index contributed by atoms with van der Waals surface area (Å²) < 4.78 is 0. The number of pyridine rings is 1. The second-order valence-electron chi connectivity index (χ2n) is 4.97. The van der Waals surface area contributed by atoms with Crippen molar-refractivity contribution in [3.05, 3.63) is 30.1 Å². The van der Waals surface area contributed by atoms with Crippen molar-refractivity contribution in [2.24, 2.45) is 0 Å². The van der Waals surface area contributed by atoms with Gasteiger partial charge >= 0.3 is 0 Å². The van der Waals surface area contributed by atoms with E-state index in [1.807, 2.05) is 18.5 Å². The average molecular weight is 233 g/mol. The van der Waals surface area contributed by atoms with Gasteiger partial charge in [-0.2, -0.15) is 0 Å². The molecule has 1 saturated heterocycles. The van der Waals surface area contributed by atoms with Crippen molar-refractivity contribution >= 4 is 0 Å². The fourth-order valence-electron chi connectivity index (χ4n) is 2.40. The van der Waals surface area contributed by atoms with E-state index >= 15 is 0 Å². The molecule has 0 bridgehead atoms. The number of rotatable bonds is 4. The van der Waals surface area contributed by atoms with E-state index in [0.717, 1.165) is 19.5 Å². The lowest BCUT2D eigenvalue weighted by Gasteiger charge is -2.38. The number of aromatic nitrogens is 1. The van der Waals surface area contributed by atoms with Crippen LogP contribution in [0.4, 0.5) is 0 Å². The normalized spacial score (nSPS) is 26.0. The van der Waals surface area contributed by atoms with E-state index in [0.29, 0.717) is 12.1 Å². The zero-order valence-electron chi connectivity index (χ0n) is 10.9. The predicted molar refractivity (Wildman–Crippen MR) is 71.1 cm³/mol. The predicted octanol–water partition coefficient (Wildman–Crippen LogP) is 1.70. The zero-order chi connectivity index (χ0) is 12.1. The van der Waals surface area contributed by atoms with Crippen LogP contribution in [0, 0.1) is 0 Å². The number of hydrogen-bond acceptors (Lipinski definition) is 3. The smallest absolute Gasteiger partial charge is 0.0300 e. The first kappa shape index (κ1) is 12.5. The molecule has 1 aromatic rings. The van der Waals surface area contributed by atoms with Crippen molar-refractivity contribution in [1.82, 2.24) is 15.2 Å². The third kappa shape index (κ3) is 3.51. The monoisotopic (exact) mass is 233 g/mol. The molecule has 1 aliphatic heterocycles. The lowest BCUT2D eigenvalue weighted by atomic mass is 10.1. The van der Waals surface area contributed by atoms with Gasteiger partial charge in [0.05, 0.1) is 0 Å². The Balaban J connectivity index is 1.85. The van der Waals surface area contributed by atoms with E-state index in [4.69, 9.17) is 0 Å². The lowest BCUT2D eigenvalue weighted by Crippen LogP contribution is -2.55. The summed E-state index contributed by atoms with van der Waals surface area (Å²) >= 11 is 0. The lowest BCUT2D eigenvalue weighted by molar-refractivity contribution is 0.141. The van der Waals surface area contributed by atoms with Crippen LogP contribution in [0.25, 0.3) is 0 Å². The van der Waals surface area contributed by atoms with Crippen LogP contribution in [0.1, 0.15) is 25.8 Å². The van der Waals surface area contributed by atoms with Crippen molar-refractivity contribution in [3.8, 4) is 0 Å². The molecule has 0 aliphatic carbocycles. The second-order valence-corrected chi connectivity index (χ2v) is 4.97. The quantitative estimate of drug-likeness (QED) is 0.858. The number of nitrogens with zero attached hydrogens (tertiary/aromatic N) is 2. The summed E-state index contributed by atoms with van der Waals surface area (Å²) in [5.41, 5.74) is 1.34. The van der Waals surface area contributed by atoms with Crippen LogP contribution in [0.2, 0.25) is 0 Å². The van der Waals surface area contributed by atoms with Gasteiger partial charge < -0.3 is 5.32 Å². The van der Waals surface area contributed by atoms with E-state index in [9.17, 15) is 0 Å². The summed E-state index contributed by atoms with van der Waals surface area (Å²) in [6.45, 7) is 8.00. The van der Waals surface area contributed by atoms with Gasteiger partial charge in [0.25, 0.3) is 0 Å². The maximum atomic E-state index is 4.17. The number of piperazine rings is 1. The summed E-state index contributed by atoms with van der Waals surface area (Å²) in [6, 6.07) is 5.50. The highest BCUT2D eigenvalue weighted by Gasteiger charge is 2.23. The first-order valence-electron chi connectivity index (χ1n) is 6.66. The molecule has 2 atom stereocenters. The van der Waals surface area contributed by atoms with Crippen LogP contribution in [0.15, 0.2) is 24.5 Å². The Hall–Kier alpha value is -0.930. The minimum Gasteiger partial charge on any atom is -0.311 e. The third-order valence-corrected chi connectivity index (χ3v) is 3.68. The maximum absolute atomic E-state index is 4.17. The van der Waals surface area contributed by atoms with Gasteiger partial charge in [-0.05, 0) is 31.4 Å². The minimum absolute atomic E-state index is 0.648. The van der Waals surface area contributed by atoms with E-state index in [2.05, 4.69) is 35.1 Å². The molecule has 0 saturated carbocycles. The molecule has 17 heavy (non-hydrogen) atoms. The second kappa shape index (κ2) is 6.12. The molecule has 94 valence electrons. The summed E-state index contributed by atoms with van der Waals surface area (Å²) in [7, 11) is 0. The van der Waals surface area contributed by atoms with Gasteiger partial charge in [-0.3, -0.25) is 9.88 Å².